The van der Waals surface area contributed by atoms with Crippen LogP contribution < -0.4 is 0 Å². The SMILES string of the molecule is Cc1ccc(C)n1C1=NN=C(n2nccc2C=O)C1. The van der Waals surface area contributed by atoms with E-state index in [1.807, 2.05) is 26.0 Å². The van der Waals surface area contributed by atoms with Gasteiger partial charge in [0.15, 0.2) is 12.1 Å². The third-order valence-corrected chi connectivity index (χ3v) is 3.16. The van der Waals surface area contributed by atoms with Crippen LogP contribution in [0.4, 0.5) is 0 Å². The molecule has 1 aliphatic heterocycles. The van der Waals surface area contributed by atoms with Crippen molar-refractivity contribution in [3.05, 3.63) is 41.5 Å². The van der Waals surface area contributed by atoms with Crippen LogP contribution in [-0.4, -0.2) is 32.3 Å². The summed E-state index contributed by atoms with van der Waals surface area (Å²) < 4.78 is 3.58. The number of hydrogen-bond donors (Lipinski definition) is 0. The van der Waals surface area contributed by atoms with E-state index in [0.29, 0.717) is 18.0 Å². The van der Waals surface area contributed by atoms with Crippen molar-refractivity contribution in [1.82, 2.24) is 14.3 Å². The van der Waals surface area contributed by atoms with Gasteiger partial charge in [-0.15, -0.1) is 10.2 Å². The average molecular weight is 255 g/mol. The molecular weight excluding hydrogens is 242 g/mol. The second-order valence-electron chi connectivity index (χ2n) is 4.45. The minimum Gasteiger partial charge on any atom is -0.305 e. The second kappa shape index (κ2) is 4.31. The van der Waals surface area contributed by atoms with Crippen LogP contribution in [0.5, 0.6) is 0 Å². The molecule has 19 heavy (non-hydrogen) atoms. The lowest BCUT2D eigenvalue weighted by atomic mass is 10.3. The first-order chi connectivity index (χ1) is 9.20. The first-order valence-corrected chi connectivity index (χ1v) is 5.99. The molecule has 0 radical (unpaired) electrons. The van der Waals surface area contributed by atoms with Gasteiger partial charge < -0.3 is 4.57 Å². The van der Waals surface area contributed by atoms with Gasteiger partial charge in [-0.3, -0.25) is 4.79 Å². The lowest BCUT2D eigenvalue weighted by Gasteiger charge is -2.08. The first kappa shape index (κ1) is 11.6. The number of aromatic nitrogens is 3. The Kier molecular flexibility index (Phi) is 2.63. The van der Waals surface area contributed by atoms with Crippen molar-refractivity contribution in [2.24, 2.45) is 10.2 Å². The van der Waals surface area contributed by atoms with Gasteiger partial charge >= 0.3 is 0 Å². The summed E-state index contributed by atoms with van der Waals surface area (Å²) in [5.74, 6) is 1.51. The molecule has 96 valence electrons. The van der Waals surface area contributed by atoms with Crippen molar-refractivity contribution >= 4 is 18.0 Å². The summed E-state index contributed by atoms with van der Waals surface area (Å²) in [4.78, 5) is 10.9. The molecule has 0 atom stereocenters. The zero-order valence-electron chi connectivity index (χ0n) is 10.7. The molecule has 0 aromatic carbocycles. The molecule has 2 aromatic heterocycles. The normalized spacial score (nSPS) is 14.4. The van der Waals surface area contributed by atoms with E-state index in [1.165, 1.54) is 4.68 Å². The number of aldehydes is 1. The summed E-state index contributed by atoms with van der Waals surface area (Å²) in [7, 11) is 0. The van der Waals surface area contributed by atoms with Crippen molar-refractivity contribution in [2.75, 3.05) is 0 Å². The van der Waals surface area contributed by atoms with Gasteiger partial charge in [-0.25, -0.2) is 4.68 Å². The number of carbonyl (C=O) groups excluding carboxylic acids is 1. The highest BCUT2D eigenvalue weighted by atomic mass is 16.1. The molecule has 6 heteroatoms. The highest BCUT2D eigenvalue weighted by molar-refractivity contribution is 6.08. The van der Waals surface area contributed by atoms with Gasteiger partial charge in [0.2, 0.25) is 0 Å². The summed E-state index contributed by atoms with van der Waals surface area (Å²) in [6, 6.07) is 5.74. The Labute approximate surface area is 110 Å². The molecule has 0 saturated carbocycles. The number of aryl methyl sites for hydroxylation is 2. The summed E-state index contributed by atoms with van der Waals surface area (Å²) in [5, 5.41) is 12.4. The van der Waals surface area contributed by atoms with E-state index >= 15 is 0 Å². The van der Waals surface area contributed by atoms with E-state index < -0.39 is 0 Å². The monoisotopic (exact) mass is 255 g/mol. The fraction of sp³-hybridized carbons (Fsp3) is 0.231. The summed E-state index contributed by atoms with van der Waals surface area (Å²) >= 11 is 0. The Balaban J connectivity index is 1.89. The van der Waals surface area contributed by atoms with E-state index in [2.05, 4.69) is 19.9 Å². The number of hydrogen-bond acceptors (Lipinski definition) is 4. The lowest BCUT2D eigenvalue weighted by molar-refractivity contribution is 0.111. The van der Waals surface area contributed by atoms with Gasteiger partial charge in [-0.05, 0) is 32.0 Å². The predicted molar refractivity (Wildman–Crippen MR) is 71.8 cm³/mol. The summed E-state index contributed by atoms with van der Waals surface area (Å²) in [5.41, 5.74) is 2.71. The smallest absolute Gasteiger partial charge is 0.168 e. The highest BCUT2D eigenvalue weighted by Crippen LogP contribution is 2.14. The largest absolute Gasteiger partial charge is 0.305 e. The fourth-order valence-corrected chi connectivity index (χ4v) is 2.26. The van der Waals surface area contributed by atoms with Crippen LogP contribution >= 0.6 is 0 Å². The minimum atomic E-state index is 0.483. The van der Waals surface area contributed by atoms with Gasteiger partial charge in [0.25, 0.3) is 0 Å². The van der Waals surface area contributed by atoms with Crippen LogP contribution in [0.25, 0.3) is 0 Å². The van der Waals surface area contributed by atoms with Crippen molar-refractivity contribution in [3.8, 4) is 0 Å². The molecule has 0 aliphatic carbocycles. The van der Waals surface area contributed by atoms with E-state index in [0.717, 1.165) is 23.5 Å². The molecule has 0 spiro atoms. The van der Waals surface area contributed by atoms with Crippen LogP contribution in [0.3, 0.4) is 0 Å². The quantitative estimate of drug-likeness (QED) is 0.727. The third-order valence-electron chi connectivity index (χ3n) is 3.16. The molecule has 6 nitrogen and oxygen atoms in total. The van der Waals surface area contributed by atoms with Crippen molar-refractivity contribution in [1.29, 1.82) is 0 Å². The van der Waals surface area contributed by atoms with E-state index in [-0.39, 0.29) is 0 Å². The lowest BCUT2D eigenvalue weighted by Crippen LogP contribution is -2.21. The molecule has 0 bridgehead atoms. The number of carbonyl (C=O) groups is 1. The van der Waals surface area contributed by atoms with Crippen LogP contribution in [0.15, 0.2) is 34.6 Å². The molecular formula is C13H13N5O. The maximum absolute atomic E-state index is 10.9. The zero-order valence-corrected chi connectivity index (χ0v) is 10.7. The predicted octanol–water partition coefficient (Wildman–Crippen LogP) is 1.63. The van der Waals surface area contributed by atoms with Crippen molar-refractivity contribution < 1.29 is 4.79 Å². The van der Waals surface area contributed by atoms with Crippen LogP contribution in [-0.2, 0) is 0 Å². The van der Waals surface area contributed by atoms with Gasteiger partial charge in [0.1, 0.15) is 11.5 Å². The topological polar surface area (TPSA) is 64.5 Å². The Morgan fingerprint density at radius 3 is 2.47 bits per heavy atom. The summed E-state index contributed by atoms with van der Waals surface area (Å²) in [6.45, 7) is 4.05. The molecule has 0 N–H and O–H groups in total. The zero-order chi connectivity index (χ0) is 13.4. The average Bonchev–Trinajstić information content (AvgIpc) is 3.08. The first-order valence-electron chi connectivity index (χ1n) is 5.99. The minimum absolute atomic E-state index is 0.483. The molecule has 0 amide bonds. The number of nitrogens with zero attached hydrogens (tertiary/aromatic N) is 5. The molecule has 0 saturated heterocycles. The van der Waals surface area contributed by atoms with Gasteiger partial charge in [0.05, 0.1) is 12.6 Å². The van der Waals surface area contributed by atoms with Gasteiger partial charge in [0, 0.05) is 11.4 Å². The highest BCUT2D eigenvalue weighted by Gasteiger charge is 2.20. The Bertz CT molecular complexity index is 685. The number of rotatable bonds is 1. The molecule has 2 aromatic rings. The standard InChI is InChI=1S/C13H13N5O/c1-9-3-4-10(2)17(9)12-7-13(16-15-12)18-11(8-19)5-6-14-18/h3-6,8H,7H2,1-2H3. The van der Waals surface area contributed by atoms with Gasteiger partial charge in [-0.1, -0.05) is 0 Å². The van der Waals surface area contributed by atoms with Gasteiger partial charge in [-0.2, -0.15) is 5.10 Å². The fourth-order valence-electron chi connectivity index (χ4n) is 2.26. The molecule has 0 fully saturated rings. The third kappa shape index (κ3) is 1.81. The Morgan fingerprint density at radius 2 is 1.79 bits per heavy atom. The Morgan fingerprint density at radius 1 is 1.11 bits per heavy atom. The summed E-state index contributed by atoms with van der Waals surface area (Å²) in [6.07, 6.45) is 2.90. The molecule has 3 rings (SSSR count). The Hall–Kier alpha value is -2.50. The van der Waals surface area contributed by atoms with Crippen molar-refractivity contribution in [2.45, 2.75) is 20.3 Å². The van der Waals surface area contributed by atoms with Crippen LogP contribution in [0.2, 0.25) is 0 Å². The molecule has 0 unspecified atom stereocenters. The second-order valence-corrected chi connectivity index (χ2v) is 4.45. The van der Waals surface area contributed by atoms with Crippen molar-refractivity contribution in [3.63, 3.8) is 0 Å². The van der Waals surface area contributed by atoms with E-state index in [9.17, 15) is 4.79 Å². The van der Waals surface area contributed by atoms with Crippen LogP contribution in [0, 0.1) is 13.8 Å². The van der Waals surface area contributed by atoms with Crippen LogP contribution in [0.1, 0.15) is 28.3 Å². The van der Waals surface area contributed by atoms with E-state index in [1.54, 1.807) is 12.3 Å². The van der Waals surface area contributed by atoms with E-state index in [4.69, 9.17) is 0 Å². The maximum Gasteiger partial charge on any atom is 0.168 e. The molecule has 1 aliphatic rings. The molecule has 3 heterocycles. The maximum atomic E-state index is 10.9.